The number of benzene rings is 1. The predicted molar refractivity (Wildman–Crippen MR) is 72.1 cm³/mol. The first kappa shape index (κ1) is 15.5. The second-order valence-electron chi connectivity index (χ2n) is 5.01. The fourth-order valence-electron chi connectivity index (χ4n) is 1.77. The topological polar surface area (TPSA) is 89.8 Å². The number of rotatable bonds is 6. The SMILES string of the molecule is Cc1ccc(O)cc1C(=O)NC[C@](C)(O)CCCO. The normalized spacial score (nSPS) is 13.9. The number of aromatic hydroxyl groups is 1. The summed E-state index contributed by atoms with van der Waals surface area (Å²) in [6.07, 6.45) is 0.886. The number of hydrogen-bond acceptors (Lipinski definition) is 4. The average Bonchev–Trinajstić information content (AvgIpc) is 2.36. The summed E-state index contributed by atoms with van der Waals surface area (Å²) < 4.78 is 0. The first-order valence-electron chi connectivity index (χ1n) is 6.27. The summed E-state index contributed by atoms with van der Waals surface area (Å²) in [5.41, 5.74) is 0.0894. The quantitative estimate of drug-likeness (QED) is 0.618. The Hall–Kier alpha value is -1.59. The number of carbonyl (C=O) groups excluding carboxylic acids is 1. The Morgan fingerprint density at radius 3 is 2.74 bits per heavy atom. The minimum atomic E-state index is -1.05. The smallest absolute Gasteiger partial charge is 0.251 e. The molecule has 106 valence electrons. The minimum absolute atomic E-state index is 0.00968. The van der Waals surface area contributed by atoms with Crippen molar-refractivity contribution >= 4 is 5.91 Å². The van der Waals surface area contributed by atoms with Gasteiger partial charge in [0.15, 0.2) is 0 Å². The average molecular weight is 267 g/mol. The second kappa shape index (κ2) is 6.54. The number of hydrogen-bond donors (Lipinski definition) is 4. The highest BCUT2D eigenvalue weighted by molar-refractivity contribution is 5.96. The van der Waals surface area contributed by atoms with Crippen molar-refractivity contribution in [1.29, 1.82) is 0 Å². The molecule has 0 heterocycles. The first-order chi connectivity index (χ1) is 8.85. The van der Waals surface area contributed by atoms with E-state index in [-0.39, 0.29) is 24.8 Å². The zero-order chi connectivity index (χ0) is 14.5. The number of carbonyl (C=O) groups is 1. The Labute approximate surface area is 112 Å². The van der Waals surface area contributed by atoms with E-state index < -0.39 is 5.60 Å². The van der Waals surface area contributed by atoms with Crippen molar-refractivity contribution in [2.75, 3.05) is 13.2 Å². The van der Waals surface area contributed by atoms with Crippen molar-refractivity contribution in [2.24, 2.45) is 0 Å². The van der Waals surface area contributed by atoms with E-state index >= 15 is 0 Å². The van der Waals surface area contributed by atoms with Crippen molar-refractivity contribution in [2.45, 2.75) is 32.3 Å². The largest absolute Gasteiger partial charge is 0.508 e. The summed E-state index contributed by atoms with van der Waals surface area (Å²) in [6, 6.07) is 4.57. The van der Waals surface area contributed by atoms with Gasteiger partial charge in [-0.15, -0.1) is 0 Å². The molecule has 5 heteroatoms. The lowest BCUT2D eigenvalue weighted by molar-refractivity contribution is 0.0415. The number of nitrogens with one attached hydrogen (secondary N) is 1. The Morgan fingerprint density at radius 2 is 2.11 bits per heavy atom. The maximum atomic E-state index is 12.0. The van der Waals surface area contributed by atoms with Gasteiger partial charge in [-0.1, -0.05) is 6.07 Å². The van der Waals surface area contributed by atoms with E-state index in [0.29, 0.717) is 18.4 Å². The van der Waals surface area contributed by atoms with Crippen LogP contribution in [0, 0.1) is 6.92 Å². The van der Waals surface area contributed by atoms with Crippen LogP contribution in [0.3, 0.4) is 0 Å². The molecule has 1 aromatic carbocycles. The van der Waals surface area contributed by atoms with Crippen molar-refractivity contribution in [3.05, 3.63) is 29.3 Å². The van der Waals surface area contributed by atoms with Crippen LogP contribution in [0.4, 0.5) is 0 Å². The molecule has 5 nitrogen and oxygen atoms in total. The summed E-state index contributed by atoms with van der Waals surface area (Å²) in [4.78, 5) is 12.0. The molecule has 1 atom stereocenters. The molecule has 4 N–H and O–H groups in total. The van der Waals surface area contributed by atoms with Crippen LogP contribution in [0.25, 0.3) is 0 Å². The summed E-state index contributed by atoms with van der Waals surface area (Å²) >= 11 is 0. The van der Waals surface area contributed by atoms with Gasteiger partial charge < -0.3 is 20.6 Å². The first-order valence-corrected chi connectivity index (χ1v) is 6.27. The fourth-order valence-corrected chi connectivity index (χ4v) is 1.77. The number of aryl methyl sites for hydroxylation is 1. The molecule has 0 aliphatic heterocycles. The van der Waals surface area contributed by atoms with Gasteiger partial charge in [0.25, 0.3) is 5.91 Å². The van der Waals surface area contributed by atoms with Gasteiger partial charge in [0, 0.05) is 18.7 Å². The number of aliphatic hydroxyl groups is 2. The van der Waals surface area contributed by atoms with Gasteiger partial charge in [-0.2, -0.15) is 0 Å². The Balaban J connectivity index is 2.62. The van der Waals surface area contributed by atoms with E-state index in [4.69, 9.17) is 5.11 Å². The highest BCUT2D eigenvalue weighted by atomic mass is 16.3. The van der Waals surface area contributed by atoms with Crippen LogP contribution in [0.5, 0.6) is 5.75 Å². The van der Waals surface area contributed by atoms with Crippen molar-refractivity contribution < 1.29 is 20.1 Å². The zero-order valence-corrected chi connectivity index (χ0v) is 11.3. The van der Waals surface area contributed by atoms with E-state index in [2.05, 4.69) is 5.32 Å². The number of aliphatic hydroxyl groups excluding tert-OH is 1. The molecular weight excluding hydrogens is 246 g/mol. The van der Waals surface area contributed by atoms with Crippen LogP contribution in [-0.2, 0) is 0 Å². The van der Waals surface area contributed by atoms with Gasteiger partial charge in [-0.05, 0) is 44.4 Å². The molecule has 1 aromatic rings. The van der Waals surface area contributed by atoms with E-state index in [1.54, 1.807) is 19.9 Å². The maximum Gasteiger partial charge on any atom is 0.251 e. The highest BCUT2D eigenvalue weighted by Crippen LogP contribution is 2.16. The molecule has 0 spiro atoms. The Morgan fingerprint density at radius 1 is 1.42 bits per heavy atom. The monoisotopic (exact) mass is 267 g/mol. The summed E-state index contributed by atoms with van der Waals surface area (Å²) in [5, 5.41) is 30.7. The Bertz CT molecular complexity index is 443. The highest BCUT2D eigenvalue weighted by Gasteiger charge is 2.21. The third kappa shape index (κ3) is 4.89. The van der Waals surface area contributed by atoms with Crippen LogP contribution in [0.2, 0.25) is 0 Å². The molecule has 19 heavy (non-hydrogen) atoms. The number of phenolic OH excluding ortho intramolecular Hbond substituents is 1. The Kier molecular flexibility index (Phi) is 5.32. The zero-order valence-electron chi connectivity index (χ0n) is 11.3. The van der Waals surface area contributed by atoms with E-state index in [1.807, 2.05) is 0 Å². The summed E-state index contributed by atoms with van der Waals surface area (Å²) in [6.45, 7) is 3.49. The van der Waals surface area contributed by atoms with Crippen LogP contribution >= 0.6 is 0 Å². The maximum absolute atomic E-state index is 12.0. The molecule has 0 bridgehead atoms. The second-order valence-corrected chi connectivity index (χ2v) is 5.01. The summed E-state index contributed by atoms with van der Waals surface area (Å²) in [7, 11) is 0. The minimum Gasteiger partial charge on any atom is -0.508 e. The van der Waals surface area contributed by atoms with Crippen molar-refractivity contribution in [3.8, 4) is 5.75 Å². The molecule has 0 saturated carbocycles. The van der Waals surface area contributed by atoms with Crippen LogP contribution in [-0.4, -0.2) is 40.0 Å². The molecule has 0 saturated heterocycles. The van der Waals surface area contributed by atoms with Gasteiger partial charge in [-0.3, -0.25) is 4.79 Å². The van der Waals surface area contributed by atoms with Crippen molar-refractivity contribution in [1.82, 2.24) is 5.32 Å². The molecule has 0 unspecified atom stereocenters. The van der Waals surface area contributed by atoms with Gasteiger partial charge in [0.1, 0.15) is 5.75 Å². The van der Waals surface area contributed by atoms with Crippen molar-refractivity contribution in [3.63, 3.8) is 0 Å². The van der Waals surface area contributed by atoms with E-state index in [0.717, 1.165) is 5.56 Å². The van der Waals surface area contributed by atoms with Gasteiger partial charge in [0.2, 0.25) is 0 Å². The lowest BCUT2D eigenvalue weighted by Crippen LogP contribution is -2.40. The number of phenols is 1. The fraction of sp³-hybridized carbons (Fsp3) is 0.500. The van der Waals surface area contributed by atoms with Gasteiger partial charge in [0.05, 0.1) is 5.60 Å². The molecule has 0 fully saturated rings. The predicted octanol–water partition coefficient (Wildman–Crippen LogP) is 0.954. The molecule has 0 radical (unpaired) electrons. The standard InChI is InChI=1S/C14H21NO4/c1-10-4-5-11(17)8-12(10)13(18)15-9-14(2,19)6-3-7-16/h4-5,8,16-17,19H,3,6-7,9H2,1-2H3,(H,15,18)/t14-/m1/s1. The third-order valence-electron chi connectivity index (χ3n) is 2.97. The molecule has 0 aromatic heterocycles. The van der Waals surface area contributed by atoms with Gasteiger partial charge in [-0.25, -0.2) is 0 Å². The van der Waals surface area contributed by atoms with E-state index in [1.165, 1.54) is 12.1 Å². The molecule has 1 amide bonds. The molecule has 0 aliphatic carbocycles. The lowest BCUT2D eigenvalue weighted by atomic mass is 10.00. The molecule has 0 aliphatic rings. The molecule has 1 rings (SSSR count). The van der Waals surface area contributed by atoms with Gasteiger partial charge >= 0.3 is 0 Å². The van der Waals surface area contributed by atoms with Crippen LogP contribution in [0.15, 0.2) is 18.2 Å². The van der Waals surface area contributed by atoms with Crippen LogP contribution in [0.1, 0.15) is 35.7 Å². The number of amides is 1. The molecular formula is C14H21NO4. The third-order valence-corrected chi connectivity index (χ3v) is 2.97. The lowest BCUT2D eigenvalue weighted by Gasteiger charge is -2.23. The summed E-state index contributed by atoms with van der Waals surface area (Å²) in [5.74, 6) is -0.305. The van der Waals surface area contributed by atoms with E-state index in [9.17, 15) is 15.0 Å². The van der Waals surface area contributed by atoms with Crippen LogP contribution < -0.4 is 5.32 Å².